The number of pyridine rings is 1. The summed E-state index contributed by atoms with van der Waals surface area (Å²) >= 11 is 0. The van der Waals surface area contributed by atoms with Crippen LogP contribution in [0.4, 0.5) is 5.95 Å². The molecule has 22 heavy (non-hydrogen) atoms. The lowest BCUT2D eigenvalue weighted by Gasteiger charge is -2.12. The highest BCUT2D eigenvalue weighted by molar-refractivity contribution is 5.92. The second-order valence-electron chi connectivity index (χ2n) is 5.18. The molecule has 0 aliphatic carbocycles. The Bertz CT molecular complexity index is 630. The number of amides is 1. The number of anilines is 1. The van der Waals surface area contributed by atoms with Crippen LogP contribution in [0.25, 0.3) is 0 Å². The van der Waals surface area contributed by atoms with E-state index in [0.29, 0.717) is 18.2 Å². The Morgan fingerprint density at radius 1 is 1.32 bits per heavy atom. The zero-order valence-electron chi connectivity index (χ0n) is 13.1. The molecule has 0 saturated heterocycles. The largest absolute Gasteiger partial charge is 0.349 e. The van der Waals surface area contributed by atoms with Crippen molar-refractivity contribution in [1.29, 1.82) is 0 Å². The van der Waals surface area contributed by atoms with E-state index in [1.165, 1.54) is 0 Å². The number of carbonyl (C=O) groups is 1. The fourth-order valence-corrected chi connectivity index (χ4v) is 1.84. The van der Waals surface area contributed by atoms with Gasteiger partial charge in [-0.2, -0.15) is 0 Å². The van der Waals surface area contributed by atoms with Crippen molar-refractivity contribution in [2.45, 2.75) is 39.8 Å². The van der Waals surface area contributed by atoms with E-state index < -0.39 is 0 Å². The minimum Gasteiger partial charge on any atom is -0.349 e. The predicted molar refractivity (Wildman–Crippen MR) is 85.6 cm³/mol. The van der Waals surface area contributed by atoms with Gasteiger partial charge in [0.1, 0.15) is 5.69 Å². The molecule has 0 aliphatic heterocycles. The summed E-state index contributed by atoms with van der Waals surface area (Å²) in [6.07, 6.45) is 2.61. The summed E-state index contributed by atoms with van der Waals surface area (Å²) < 4.78 is 0. The topological polar surface area (TPSA) is 79.8 Å². The Balaban J connectivity index is 2.08. The molecule has 6 nitrogen and oxygen atoms in total. The molecule has 0 saturated carbocycles. The Morgan fingerprint density at radius 2 is 2.14 bits per heavy atom. The van der Waals surface area contributed by atoms with Crippen molar-refractivity contribution in [1.82, 2.24) is 20.3 Å². The van der Waals surface area contributed by atoms with Gasteiger partial charge in [0, 0.05) is 17.9 Å². The van der Waals surface area contributed by atoms with Crippen molar-refractivity contribution in [3.8, 4) is 0 Å². The van der Waals surface area contributed by atoms with Gasteiger partial charge in [0.05, 0.1) is 12.2 Å². The van der Waals surface area contributed by atoms with E-state index in [4.69, 9.17) is 0 Å². The van der Waals surface area contributed by atoms with Crippen molar-refractivity contribution in [3.63, 3.8) is 0 Å². The highest BCUT2D eigenvalue weighted by Crippen LogP contribution is 2.07. The number of hydrogen-bond donors (Lipinski definition) is 2. The monoisotopic (exact) mass is 299 g/mol. The molecular formula is C16H21N5O. The Labute approximate surface area is 130 Å². The molecule has 0 aliphatic rings. The van der Waals surface area contributed by atoms with Crippen LogP contribution in [0.15, 0.2) is 30.5 Å². The van der Waals surface area contributed by atoms with Gasteiger partial charge in [0.15, 0.2) is 0 Å². The molecule has 2 N–H and O–H groups in total. The molecule has 2 aromatic rings. The van der Waals surface area contributed by atoms with Crippen LogP contribution >= 0.6 is 0 Å². The van der Waals surface area contributed by atoms with Gasteiger partial charge in [0.25, 0.3) is 5.91 Å². The maximum absolute atomic E-state index is 12.2. The van der Waals surface area contributed by atoms with E-state index in [0.717, 1.165) is 17.8 Å². The first kappa shape index (κ1) is 15.9. The van der Waals surface area contributed by atoms with E-state index in [1.54, 1.807) is 12.3 Å². The lowest BCUT2D eigenvalue weighted by molar-refractivity contribution is 0.0934. The third kappa shape index (κ3) is 4.51. The average molecular weight is 299 g/mol. The minimum atomic E-state index is -0.180. The van der Waals surface area contributed by atoms with Gasteiger partial charge in [-0.1, -0.05) is 13.0 Å². The molecule has 0 radical (unpaired) electrons. The van der Waals surface area contributed by atoms with E-state index in [1.807, 2.05) is 39.0 Å². The fourth-order valence-electron chi connectivity index (χ4n) is 1.84. The number of hydrogen-bond acceptors (Lipinski definition) is 5. The van der Waals surface area contributed by atoms with E-state index in [-0.39, 0.29) is 11.9 Å². The smallest absolute Gasteiger partial charge is 0.270 e. The number of carbonyl (C=O) groups excluding carboxylic acids is 1. The van der Waals surface area contributed by atoms with Crippen molar-refractivity contribution in [2.75, 3.05) is 5.32 Å². The number of aromatic nitrogens is 3. The van der Waals surface area contributed by atoms with Gasteiger partial charge in [-0.15, -0.1) is 0 Å². The first-order chi connectivity index (χ1) is 10.6. The quantitative estimate of drug-likeness (QED) is 0.855. The number of nitrogens with one attached hydrogen (secondary N) is 2. The zero-order valence-corrected chi connectivity index (χ0v) is 13.1. The van der Waals surface area contributed by atoms with Gasteiger partial charge >= 0.3 is 0 Å². The molecule has 0 spiro atoms. The van der Waals surface area contributed by atoms with Gasteiger partial charge in [-0.05, 0) is 38.5 Å². The molecule has 1 atom stereocenters. The standard InChI is InChI=1S/C16H21N5O/c1-4-11(2)19-15(22)14-9-12(3)20-16(21-14)18-10-13-7-5-6-8-17-13/h5-9,11H,4,10H2,1-3H3,(H,19,22)(H,18,20,21). The lowest BCUT2D eigenvalue weighted by atomic mass is 10.2. The average Bonchev–Trinajstić information content (AvgIpc) is 2.53. The van der Waals surface area contributed by atoms with Gasteiger partial charge in [-0.25, -0.2) is 9.97 Å². The molecule has 0 aromatic carbocycles. The summed E-state index contributed by atoms with van der Waals surface area (Å²) in [6.45, 7) is 6.34. The summed E-state index contributed by atoms with van der Waals surface area (Å²) in [7, 11) is 0. The maximum atomic E-state index is 12.2. The number of aryl methyl sites for hydroxylation is 1. The van der Waals surface area contributed by atoms with Crippen LogP contribution in [0.2, 0.25) is 0 Å². The summed E-state index contributed by atoms with van der Waals surface area (Å²) in [5.41, 5.74) is 2.00. The normalized spacial score (nSPS) is 11.8. The molecule has 116 valence electrons. The molecule has 0 fully saturated rings. The van der Waals surface area contributed by atoms with Crippen LogP contribution in [-0.4, -0.2) is 26.9 Å². The van der Waals surface area contributed by atoms with Crippen LogP contribution < -0.4 is 10.6 Å². The molecule has 2 heterocycles. The van der Waals surface area contributed by atoms with Crippen molar-refractivity contribution in [3.05, 3.63) is 47.5 Å². The van der Waals surface area contributed by atoms with Crippen LogP contribution in [0.5, 0.6) is 0 Å². The Kier molecular flexibility index (Phi) is 5.41. The van der Waals surface area contributed by atoms with Crippen LogP contribution in [0.3, 0.4) is 0 Å². The first-order valence-corrected chi connectivity index (χ1v) is 7.38. The van der Waals surface area contributed by atoms with Crippen LogP contribution in [0, 0.1) is 6.92 Å². The minimum absolute atomic E-state index is 0.118. The Hall–Kier alpha value is -2.50. The fraction of sp³-hybridized carbons (Fsp3) is 0.375. The van der Waals surface area contributed by atoms with Gasteiger partial charge < -0.3 is 10.6 Å². The van der Waals surface area contributed by atoms with Crippen molar-refractivity contribution >= 4 is 11.9 Å². The molecule has 2 rings (SSSR count). The summed E-state index contributed by atoms with van der Waals surface area (Å²) in [4.78, 5) is 25.0. The highest BCUT2D eigenvalue weighted by atomic mass is 16.1. The summed E-state index contributed by atoms with van der Waals surface area (Å²) in [6, 6.07) is 7.51. The summed E-state index contributed by atoms with van der Waals surface area (Å²) in [5, 5.41) is 6.00. The second-order valence-corrected chi connectivity index (χ2v) is 5.18. The van der Waals surface area contributed by atoms with E-state index in [9.17, 15) is 4.79 Å². The van der Waals surface area contributed by atoms with Crippen LogP contribution in [0.1, 0.15) is 42.1 Å². The third-order valence-electron chi connectivity index (χ3n) is 3.23. The molecule has 6 heteroatoms. The molecule has 1 amide bonds. The Morgan fingerprint density at radius 3 is 2.82 bits per heavy atom. The molecule has 1 unspecified atom stereocenters. The van der Waals surface area contributed by atoms with E-state index >= 15 is 0 Å². The van der Waals surface area contributed by atoms with Crippen LogP contribution in [-0.2, 0) is 6.54 Å². The zero-order chi connectivity index (χ0) is 15.9. The van der Waals surface area contributed by atoms with E-state index in [2.05, 4.69) is 25.6 Å². The lowest BCUT2D eigenvalue weighted by Crippen LogP contribution is -2.32. The molecule has 0 bridgehead atoms. The second kappa shape index (κ2) is 7.49. The number of nitrogens with zero attached hydrogens (tertiary/aromatic N) is 3. The molecular weight excluding hydrogens is 278 g/mol. The number of rotatable bonds is 6. The van der Waals surface area contributed by atoms with Gasteiger partial charge in [0.2, 0.25) is 5.95 Å². The third-order valence-corrected chi connectivity index (χ3v) is 3.23. The van der Waals surface area contributed by atoms with Crippen molar-refractivity contribution < 1.29 is 4.79 Å². The highest BCUT2D eigenvalue weighted by Gasteiger charge is 2.12. The van der Waals surface area contributed by atoms with Gasteiger partial charge in [-0.3, -0.25) is 9.78 Å². The maximum Gasteiger partial charge on any atom is 0.270 e. The van der Waals surface area contributed by atoms with Crippen molar-refractivity contribution in [2.24, 2.45) is 0 Å². The molecule has 2 aromatic heterocycles. The summed E-state index contributed by atoms with van der Waals surface area (Å²) in [5.74, 6) is 0.251. The predicted octanol–water partition coefficient (Wildman–Crippen LogP) is 2.32. The first-order valence-electron chi connectivity index (χ1n) is 7.38. The SMILES string of the molecule is CCC(C)NC(=O)c1cc(C)nc(NCc2ccccn2)n1.